The fourth-order valence-electron chi connectivity index (χ4n) is 2.38. The zero-order valence-electron chi connectivity index (χ0n) is 14.4. The molecule has 0 spiro atoms. The van der Waals surface area contributed by atoms with Gasteiger partial charge in [0.1, 0.15) is 0 Å². The van der Waals surface area contributed by atoms with Crippen LogP contribution in [0.2, 0.25) is 0 Å². The summed E-state index contributed by atoms with van der Waals surface area (Å²) in [6.07, 6.45) is -5.57. The molecule has 21 heteroatoms. The summed E-state index contributed by atoms with van der Waals surface area (Å²) < 4.78 is 50.2. The maximum absolute atomic E-state index is 11.9. The van der Waals surface area contributed by atoms with Gasteiger partial charge in [-0.3, -0.25) is 0 Å². The summed E-state index contributed by atoms with van der Waals surface area (Å²) in [6.45, 7) is 0. The third kappa shape index (κ3) is 6.95. The van der Waals surface area contributed by atoms with E-state index in [1.165, 1.54) is 0 Å². The molecule has 0 bridgehead atoms. The van der Waals surface area contributed by atoms with Crippen LogP contribution in [0.5, 0.6) is 0 Å². The van der Waals surface area contributed by atoms with Crippen LogP contribution in [-0.4, -0.2) is 61.3 Å². The van der Waals surface area contributed by atoms with Crippen LogP contribution in [0.25, 0.3) is 0 Å². The molecule has 1 aliphatic heterocycles. The van der Waals surface area contributed by atoms with Gasteiger partial charge in [-0.15, -0.1) is 0 Å². The monoisotopic (exact) mass is 685 g/mol. The van der Waals surface area contributed by atoms with Crippen LogP contribution in [0, 0.1) is 0 Å². The molecule has 1 aromatic heterocycles. The zero-order chi connectivity index (χ0) is 23.1. The van der Waals surface area contributed by atoms with Crippen molar-refractivity contribution in [2.45, 2.75) is 28.2 Å². The van der Waals surface area contributed by atoms with Gasteiger partial charge in [0.05, 0.1) is 0 Å². The topological polar surface area (TPSA) is 264 Å². The SMILES string of the molecule is O=c1ccn([C@@H]2O[C@H]([CH]([Hg])OP(=O)(O)OP(=O)(O)OP(=O)(O)O)[C@@H](O)[C@H]2O)c(=O)[nH]1. The minimum atomic E-state index is -5.73. The summed E-state index contributed by atoms with van der Waals surface area (Å²) in [4.78, 5) is 60.5. The first-order valence-corrected chi connectivity index (χ1v) is 15.2. The van der Waals surface area contributed by atoms with E-state index in [0.717, 1.165) is 16.8 Å². The van der Waals surface area contributed by atoms with Crippen molar-refractivity contribution in [2.24, 2.45) is 0 Å². The minimum absolute atomic E-state index is 0.706. The fraction of sp³-hybridized carbons (Fsp3) is 0.556. The number of phosphoric acid groups is 3. The molecule has 0 aromatic carbocycles. The molecule has 7 N–H and O–H groups in total. The van der Waals surface area contributed by atoms with E-state index in [0.29, 0.717) is 0 Å². The van der Waals surface area contributed by atoms with E-state index >= 15 is 0 Å². The Morgan fingerprint density at radius 1 is 1.07 bits per heavy atom. The number of aromatic amines is 1. The predicted molar refractivity (Wildman–Crippen MR) is 86.0 cm³/mol. The summed E-state index contributed by atoms with van der Waals surface area (Å²) in [5, 5.41) is 20.3. The number of H-pyrrole nitrogens is 1. The number of aromatic nitrogens is 2. The number of aliphatic hydroxyl groups is 2. The molecule has 2 heterocycles. The molecular formula is C9H14HgN2O15P3. The summed E-state index contributed by atoms with van der Waals surface area (Å²) in [5.41, 5.74) is -1.72. The van der Waals surface area contributed by atoms with Gasteiger partial charge in [-0.25, -0.2) is 0 Å². The molecule has 1 aromatic rings. The van der Waals surface area contributed by atoms with Crippen LogP contribution in [0.15, 0.2) is 21.9 Å². The summed E-state index contributed by atoms with van der Waals surface area (Å²) in [5.74, 6) is 0. The molecule has 1 saturated heterocycles. The number of hydrogen-bond donors (Lipinski definition) is 7. The number of nitrogens with one attached hydrogen (secondary N) is 1. The van der Waals surface area contributed by atoms with Crippen molar-refractivity contribution in [3.8, 4) is 0 Å². The Hall–Kier alpha value is -0.0949. The second-order valence-corrected chi connectivity index (χ2v) is 13.2. The Bertz CT molecular complexity index is 1030. The van der Waals surface area contributed by atoms with Gasteiger partial charge in [0, 0.05) is 0 Å². The molecule has 0 saturated carbocycles. The van der Waals surface area contributed by atoms with E-state index < -0.39 is 89.0 Å². The van der Waals surface area contributed by atoms with Crippen molar-refractivity contribution in [2.75, 3.05) is 0 Å². The second-order valence-electron chi connectivity index (χ2n) is 5.72. The molecular weight excluding hydrogens is 670 g/mol. The number of ether oxygens (including phenoxy) is 1. The van der Waals surface area contributed by atoms with Gasteiger partial charge in [-0.05, 0) is 0 Å². The molecule has 167 valence electrons. The first kappa shape index (κ1) is 26.2. The van der Waals surface area contributed by atoms with Crippen LogP contribution in [0.1, 0.15) is 6.23 Å². The molecule has 1 aliphatic rings. The number of nitrogens with zero attached hydrogens (tertiary/aromatic N) is 1. The van der Waals surface area contributed by atoms with Crippen molar-refractivity contribution in [1.29, 1.82) is 0 Å². The van der Waals surface area contributed by atoms with Crippen LogP contribution < -0.4 is 11.2 Å². The van der Waals surface area contributed by atoms with E-state index in [9.17, 15) is 38.4 Å². The van der Waals surface area contributed by atoms with Gasteiger partial charge in [0.2, 0.25) is 0 Å². The predicted octanol–water partition coefficient (Wildman–Crippen LogP) is -2.63. The van der Waals surface area contributed by atoms with Gasteiger partial charge < -0.3 is 0 Å². The average Bonchev–Trinajstić information content (AvgIpc) is 2.79. The molecule has 2 rings (SSSR count). The van der Waals surface area contributed by atoms with E-state index in [1.807, 2.05) is 4.98 Å². The fourth-order valence-corrected chi connectivity index (χ4v) is 9.22. The van der Waals surface area contributed by atoms with Crippen molar-refractivity contribution in [3.63, 3.8) is 0 Å². The number of rotatable bonds is 8. The van der Waals surface area contributed by atoms with E-state index in [2.05, 4.69) is 13.1 Å². The molecule has 30 heavy (non-hydrogen) atoms. The molecule has 0 radical (unpaired) electrons. The molecule has 17 nitrogen and oxygen atoms in total. The van der Waals surface area contributed by atoms with Crippen LogP contribution in [0.3, 0.4) is 0 Å². The van der Waals surface area contributed by atoms with Gasteiger partial charge in [-0.1, -0.05) is 0 Å². The molecule has 0 amide bonds. The molecule has 0 aliphatic carbocycles. The number of phosphoric ester groups is 1. The Balaban J connectivity index is 2.14. The van der Waals surface area contributed by atoms with E-state index in [-0.39, 0.29) is 0 Å². The van der Waals surface area contributed by atoms with Gasteiger partial charge in [-0.2, -0.15) is 0 Å². The Morgan fingerprint density at radius 3 is 2.20 bits per heavy atom. The third-order valence-corrected chi connectivity index (χ3v) is 10.9. The first-order valence-electron chi connectivity index (χ1n) is 7.50. The zero-order valence-corrected chi connectivity index (χ0v) is 22.6. The van der Waals surface area contributed by atoms with Gasteiger partial charge >= 0.3 is 182 Å². The first-order chi connectivity index (χ1) is 13.5. The van der Waals surface area contributed by atoms with Crippen LogP contribution in [-0.2, 0) is 57.7 Å². The summed E-state index contributed by atoms with van der Waals surface area (Å²) >= 11 is -0.706. The van der Waals surface area contributed by atoms with Crippen molar-refractivity contribution >= 4 is 23.5 Å². The van der Waals surface area contributed by atoms with Crippen LogP contribution in [0.4, 0.5) is 0 Å². The standard InChI is InChI=1S/C9H14N2O15P3.Hg/c12-5-1-2-11(9(15)10-5)8-7(14)6(13)4(24-8)3-23-28(19,20)26-29(21,22)25-27(16,17)18;/h1-4,6-8,13-14H,(H,19,20)(H,21,22)(H,10,12,15)(H2,16,17,18);/t4-,6-,7-,8-;/m1./s1. The molecule has 1 fully saturated rings. The molecule has 7 atom stereocenters. The Kier molecular flexibility index (Phi) is 8.21. The van der Waals surface area contributed by atoms with E-state index in [1.54, 1.807) is 0 Å². The second kappa shape index (κ2) is 9.41. The number of hydrogen-bond acceptors (Lipinski definition) is 11. The molecule has 3 unspecified atom stereocenters. The average molecular weight is 684 g/mol. The van der Waals surface area contributed by atoms with Crippen molar-refractivity contribution in [1.82, 2.24) is 9.55 Å². The normalized spacial score (nSPS) is 29.9. The number of aliphatic hydroxyl groups excluding tert-OH is 2. The maximum atomic E-state index is 11.9. The van der Waals surface area contributed by atoms with Gasteiger partial charge in [0.25, 0.3) is 0 Å². The summed E-state index contributed by atoms with van der Waals surface area (Å²) in [7, 11) is -16.8. The van der Waals surface area contributed by atoms with E-state index in [4.69, 9.17) is 19.4 Å². The Morgan fingerprint density at radius 2 is 1.67 bits per heavy atom. The van der Waals surface area contributed by atoms with Crippen molar-refractivity contribution in [3.05, 3.63) is 33.1 Å². The van der Waals surface area contributed by atoms with Gasteiger partial charge in [0.15, 0.2) is 0 Å². The third-order valence-electron chi connectivity index (χ3n) is 3.45. The van der Waals surface area contributed by atoms with Crippen molar-refractivity contribution < 1.29 is 87.5 Å². The summed E-state index contributed by atoms with van der Waals surface area (Å²) in [6, 6.07) is 0.935. The Labute approximate surface area is 181 Å². The van der Waals surface area contributed by atoms with Crippen LogP contribution >= 0.6 is 23.5 Å². The quantitative estimate of drug-likeness (QED) is 0.109.